The van der Waals surface area contributed by atoms with E-state index >= 15 is 0 Å². The first-order valence-electron chi connectivity index (χ1n) is 4.91. The number of hydrogen-bond acceptors (Lipinski definition) is 6. The van der Waals surface area contributed by atoms with E-state index < -0.39 is 17.9 Å². The molecule has 1 radical (unpaired) electrons. The summed E-state index contributed by atoms with van der Waals surface area (Å²) in [6.45, 7) is 2.40. The number of ether oxygens (including phenoxy) is 3. The summed E-state index contributed by atoms with van der Waals surface area (Å²) < 4.78 is 13.9. The maximum Gasteiger partial charge on any atom is 0.342 e. The predicted octanol–water partition coefficient (Wildman–Crippen LogP) is 1.49. The van der Waals surface area contributed by atoms with Crippen LogP contribution in [0.3, 0.4) is 0 Å². The number of carbonyl (C=O) groups is 3. The van der Waals surface area contributed by atoms with Gasteiger partial charge in [0.15, 0.2) is 0 Å². The fourth-order valence-electron chi connectivity index (χ4n) is 1.22. The van der Waals surface area contributed by atoms with Crippen molar-refractivity contribution in [2.45, 2.75) is 13.8 Å². The smallest absolute Gasteiger partial charge is 0.342 e. The second-order valence-corrected chi connectivity index (χ2v) is 3.28. The molecule has 0 N–H and O–H groups in total. The van der Waals surface area contributed by atoms with Crippen LogP contribution in [0.5, 0.6) is 11.5 Å². The summed E-state index contributed by atoms with van der Waals surface area (Å²) in [7, 11) is 2.98. The molecule has 1 aromatic rings. The molecule has 0 spiro atoms. The molecular weight excluding hydrogens is 240 g/mol. The molecule has 0 heterocycles. The molecule has 6 heteroatoms. The molecule has 0 saturated heterocycles. The summed E-state index contributed by atoms with van der Waals surface area (Å²) in [6, 6.07) is 3.93. The minimum absolute atomic E-state index is 0.0103. The van der Waals surface area contributed by atoms with Crippen LogP contribution in [-0.2, 0) is 14.3 Å². The molecule has 0 aromatic heterocycles. The molecule has 0 atom stereocenters. The number of hydrogen-bond donors (Lipinski definition) is 0. The normalized spacial score (nSPS) is 9.50. The second-order valence-electron chi connectivity index (χ2n) is 3.28. The van der Waals surface area contributed by atoms with Crippen LogP contribution in [0.4, 0.5) is 0 Å². The van der Waals surface area contributed by atoms with Crippen LogP contribution in [0.25, 0.3) is 0 Å². The van der Waals surface area contributed by atoms with E-state index in [9.17, 15) is 14.4 Å². The number of carbonyl (C=O) groups excluding carboxylic acids is 3. The Balaban J connectivity index is 3.15. The molecule has 0 saturated carbocycles. The summed E-state index contributed by atoms with van der Waals surface area (Å²) in [5, 5.41) is 0. The van der Waals surface area contributed by atoms with Crippen LogP contribution in [-0.4, -0.2) is 17.9 Å². The molecule has 0 aliphatic heterocycles. The highest BCUT2D eigenvalue weighted by atomic mass is 16.6. The third kappa shape index (κ3) is 3.58. The van der Waals surface area contributed by atoms with Crippen molar-refractivity contribution in [1.29, 1.82) is 0 Å². The van der Waals surface area contributed by atoms with Gasteiger partial charge in [-0.2, -0.15) is 0 Å². The van der Waals surface area contributed by atoms with E-state index in [0.717, 1.165) is 0 Å². The minimum Gasteiger partial charge on any atom is -0.458 e. The fraction of sp³-hybridized carbons (Fsp3) is 0.167. The molecule has 0 aliphatic carbocycles. The van der Waals surface area contributed by atoms with Gasteiger partial charge in [-0.1, -0.05) is 0 Å². The third-order valence-electron chi connectivity index (χ3n) is 1.82. The van der Waals surface area contributed by atoms with E-state index in [4.69, 9.17) is 9.47 Å². The van der Waals surface area contributed by atoms with Gasteiger partial charge in [-0.15, -0.1) is 0 Å². The van der Waals surface area contributed by atoms with Gasteiger partial charge in [0.25, 0.3) is 0 Å². The maximum atomic E-state index is 11.4. The van der Waals surface area contributed by atoms with Crippen molar-refractivity contribution in [2.24, 2.45) is 0 Å². The van der Waals surface area contributed by atoms with Crippen molar-refractivity contribution in [3.05, 3.63) is 30.9 Å². The maximum absolute atomic E-state index is 11.4. The van der Waals surface area contributed by atoms with Gasteiger partial charge in [-0.05, 0) is 12.1 Å². The van der Waals surface area contributed by atoms with Gasteiger partial charge < -0.3 is 14.2 Å². The van der Waals surface area contributed by atoms with Crippen molar-refractivity contribution in [1.82, 2.24) is 0 Å². The highest BCUT2D eigenvalue weighted by molar-refractivity contribution is 5.93. The minimum atomic E-state index is -0.763. The Morgan fingerprint density at radius 2 is 1.67 bits per heavy atom. The molecule has 1 aromatic carbocycles. The van der Waals surface area contributed by atoms with Crippen LogP contribution >= 0.6 is 0 Å². The average Bonchev–Trinajstić information content (AvgIpc) is 2.26. The van der Waals surface area contributed by atoms with Crippen molar-refractivity contribution >= 4 is 17.9 Å². The molecule has 0 fully saturated rings. The first-order valence-corrected chi connectivity index (χ1v) is 4.91. The van der Waals surface area contributed by atoms with Crippen LogP contribution in [0.1, 0.15) is 24.2 Å². The van der Waals surface area contributed by atoms with Gasteiger partial charge in [-0.25, -0.2) is 4.79 Å². The molecular formula is C12H11O6. The lowest BCUT2D eigenvalue weighted by Crippen LogP contribution is -2.09. The largest absolute Gasteiger partial charge is 0.458 e. The van der Waals surface area contributed by atoms with Gasteiger partial charge in [0.05, 0.1) is 0 Å². The number of benzene rings is 1. The summed E-state index contributed by atoms with van der Waals surface area (Å²) in [4.78, 5) is 33.1. The van der Waals surface area contributed by atoms with Crippen LogP contribution < -0.4 is 9.47 Å². The Kier molecular flexibility index (Phi) is 4.42. The quantitative estimate of drug-likeness (QED) is 0.598. The van der Waals surface area contributed by atoms with E-state index in [1.165, 1.54) is 32.0 Å². The van der Waals surface area contributed by atoms with E-state index in [1.54, 1.807) is 0 Å². The zero-order valence-electron chi connectivity index (χ0n) is 9.89. The van der Waals surface area contributed by atoms with Gasteiger partial charge in [0.2, 0.25) is 0 Å². The topological polar surface area (TPSA) is 78.9 Å². The molecule has 18 heavy (non-hydrogen) atoms. The molecule has 0 bridgehead atoms. The average molecular weight is 251 g/mol. The molecule has 95 valence electrons. The highest BCUT2D eigenvalue weighted by Gasteiger charge is 2.16. The van der Waals surface area contributed by atoms with Gasteiger partial charge >= 0.3 is 17.9 Å². The van der Waals surface area contributed by atoms with Gasteiger partial charge in [-0.3, -0.25) is 9.59 Å². The Morgan fingerprint density at radius 3 is 2.17 bits per heavy atom. The van der Waals surface area contributed by atoms with Crippen molar-refractivity contribution in [2.75, 3.05) is 0 Å². The lowest BCUT2D eigenvalue weighted by Gasteiger charge is -2.09. The Hall–Kier alpha value is -2.37. The third-order valence-corrected chi connectivity index (χ3v) is 1.82. The monoisotopic (exact) mass is 251 g/mol. The van der Waals surface area contributed by atoms with E-state index in [1.807, 2.05) is 0 Å². The highest BCUT2D eigenvalue weighted by Crippen LogP contribution is 2.26. The van der Waals surface area contributed by atoms with Gasteiger partial charge in [0, 0.05) is 19.9 Å². The first kappa shape index (κ1) is 13.7. The lowest BCUT2D eigenvalue weighted by atomic mass is 10.2. The fourth-order valence-corrected chi connectivity index (χ4v) is 1.22. The Morgan fingerprint density at radius 1 is 1.06 bits per heavy atom. The van der Waals surface area contributed by atoms with E-state index in [-0.39, 0.29) is 17.1 Å². The predicted molar refractivity (Wildman–Crippen MR) is 59.8 cm³/mol. The summed E-state index contributed by atoms with van der Waals surface area (Å²) in [6.07, 6.45) is 0. The first-order chi connectivity index (χ1) is 8.43. The molecule has 0 aliphatic rings. The number of rotatable bonds is 3. The standard InChI is InChI=1S/C12H11O6/c1-7(13)17-9-4-5-10(12(15)16-3)11(6-9)18-8(2)14/h4-6H,3H2,1-2H3. The zero-order chi connectivity index (χ0) is 13.7. The van der Waals surface area contributed by atoms with Crippen LogP contribution in [0.2, 0.25) is 0 Å². The SMILES string of the molecule is [CH2]OC(=O)c1ccc(OC(C)=O)cc1OC(C)=O. The molecule has 0 unspecified atom stereocenters. The van der Waals surface area contributed by atoms with Crippen molar-refractivity contribution in [3.8, 4) is 11.5 Å². The summed E-state index contributed by atoms with van der Waals surface area (Å²) in [5.74, 6) is -1.82. The summed E-state index contributed by atoms with van der Waals surface area (Å²) >= 11 is 0. The van der Waals surface area contributed by atoms with Gasteiger partial charge in [0.1, 0.15) is 24.2 Å². The zero-order valence-corrected chi connectivity index (χ0v) is 9.89. The number of esters is 3. The van der Waals surface area contributed by atoms with Crippen molar-refractivity contribution < 1.29 is 28.6 Å². The molecule has 1 rings (SSSR count). The van der Waals surface area contributed by atoms with E-state index in [0.29, 0.717) is 0 Å². The molecule has 6 nitrogen and oxygen atoms in total. The Bertz CT molecular complexity index is 491. The molecule has 0 amide bonds. The van der Waals surface area contributed by atoms with E-state index in [2.05, 4.69) is 11.8 Å². The van der Waals surface area contributed by atoms with Crippen LogP contribution in [0.15, 0.2) is 18.2 Å². The second kappa shape index (κ2) is 5.81. The Labute approximate surface area is 103 Å². The lowest BCUT2D eigenvalue weighted by molar-refractivity contribution is -0.132. The summed E-state index contributed by atoms with van der Waals surface area (Å²) in [5.41, 5.74) is 0.0103. The van der Waals surface area contributed by atoms with Crippen LogP contribution in [0, 0.1) is 7.11 Å². The van der Waals surface area contributed by atoms with Crippen molar-refractivity contribution in [3.63, 3.8) is 0 Å².